The lowest BCUT2D eigenvalue weighted by molar-refractivity contribution is 0.419. The van der Waals surface area contributed by atoms with Crippen molar-refractivity contribution in [2.45, 2.75) is 32.4 Å². The number of benzene rings is 1. The molecule has 2 nitrogen and oxygen atoms in total. The largest absolute Gasteiger partial charge is 0.508 e. The highest BCUT2D eigenvalue weighted by atomic mass is 32.1. The number of para-hydroxylation sites is 1. The molecule has 1 aromatic carbocycles. The Hall–Kier alpha value is -1.32. The molecule has 18 heavy (non-hydrogen) atoms. The van der Waals surface area contributed by atoms with Crippen LogP contribution in [-0.4, -0.2) is 5.11 Å². The lowest BCUT2D eigenvalue weighted by Gasteiger charge is -2.23. The summed E-state index contributed by atoms with van der Waals surface area (Å²) < 4.78 is 0. The predicted octanol–water partition coefficient (Wildman–Crippen LogP) is 4.26. The van der Waals surface area contributed by atoms with Crippen LogP contribution in [0.5, 0.6) is 5.75 Å². The van der Waals surface area contributed by atoms with Crippen LogP contribution in [0.1, 0.15) is 43.5 Å². The zero-order valence-electron chi connectivity index (χ0n) is 10.8. The molecular formula is C15H19NOS. The Morgan fingerprint density at radius 3 is 2.67 bits per heavy atom. The average Bonchev–Trinajstić information content (AvgIpc) is 2.90. The molecule has 2 aromatic rings. The topological polar surface area (TPSA) is 32.3 Å². The molecule has 0 saturated carbocycles. The summed E-state index contributed by atoms with van der Waals surface area (Å²) in [5, 5.41) is 17.7. The van der Waals surface area contributed by atoms with Crippen LogP contribution < -0.4 is 5.32 Å². The minimum absolute atomic E-state index is 0.182. The number of phenolic OH excluding ortho intramolecular Hbond substituents is 1. The van der Waals surface area contributed by atoms with Crippen molar-refractivity contribution in [3.05, 3.63) is 52.2 Å². The molecule has 0 saturated heterocycles. The normalized spacial score (nSPS) is 14.3. The van der Waals surface area contributed by atoms with E-state index in [0.29, 0.717) is 11.8 Å². The molecule has 0 aliphatic rings. The first-order valence-corrected chi connectivity index (χ1v) is 7.22. The molecule has 2 unspecified atom stereocenters. The van der Waals surface area contributed by atoms with Gasteiger partial charge in [-0.15, -0.1) is 0 Å². The Bertz CT molecular complexity index is 481. The Balaban J connectivity index is 2.13. The third-order valence-corrected chi connectivity index (χ3v) is 3.92. The number of phenols is 1. The number of nitrogens with one attached hydrogen (secondary N) is 1. The van der Waals surface area contributed by atoms with Gasteiger partial charge in [0.25, 0.3) is 0 Å². The first-order valence-electron chi connectivity index (χ1n) is 6.28. The maximum Gasteiger partial charge on any atom is 0.120 e. The van der Waals surface area contributed by atoms with Crippen molar-refractivity contribution in [3.63, 3.8) is 0 Å². The second kappa shape index (κ2) is 6.03. The number of hydrogen-bond acceptors (Lipinski definition) is 3. The molecule has 0 amide bonds. The highest BCUT2D eigenvalue weighted by molar-refractivity contribution is 7.07. The van der Waals surface area contributed by atoms with Gasteiger partial charge in [0.1, 0.15) is 5.75 Å². The summed E-state index contributed by atoms with van der Waals surface area (Å²) in [7, 11) is 0. The highest BCUT2D eigenvalue weighted by Crippen LogP contribution is 2.28. The molecule has 96 valence electrons. The van der Waals surface area contributed by atoms with E-state index in [2.05, 4.69) is 36.0 Å². The molecule has 2 N–H and O–H groups in total. The van der Waals surface area contributed by atoms with Gasteiger partial charge in [-0.05, 0) is 41.8 Å². The third kappa shape index (κ3) is 2.92. The Kier molecular flexibility index (Phi) is 4.39. The van der Waals surface area contributed by atoms with E-state index in [-0.39, 0.29) is 6.04 Å². The van der Waals surface area contributed by atoms with E-state index < -0.39 is 0 Å². The molecule has 0 aliphatic heterocycles. The Labute approximate surface area is 112 Å². The SMILES string of the molecule is CCC(NC(C)c1ccsc1)c1ccccc1O. The molecule has 2 atom stereocenters. The van der Waals surface area contributed by atoms with Crippen LogP contribution in [0.4, 0.5) is 0 Å². The molecule has 0 bridgehead atoms. The number of aromatic hydroxyl groups is 1. The van der Waals surface area contributed by atoms with E-state index in [0.717, 1.165) is 12.0 Å². The standard InChI is InChI=1S/C15H19NOS/c1-3-14(13-6-4-5-7-15(13)17)16-11(2)12-8-9-18-10-12/h4-11,14,16-17H,3H2,1-2H3. The number of hydrogen-bond donors (Lipinski definition) is 2. The van der Waals surface area contributed by atoms with Gasteiger partial charge in [-0.25, -0.2) is 0 Å². The summed E-state index contributed by atoms with van der Waals surface area (Å²) in [6, 6.07) is 10.2. The zero-order chi connectivity index (χ0) is 13.0. The van der Waals surface area contributed by atoms with Crippen LogP contribution in [0.25, 0.3) is 0 Å². The van der Waals surface area contributed by atoms with E-state index in [4.69, 9.17) is 0 Å². The van der Waals surface area contributed by atoms with Gasteiger partial charge in [-0.1, -0.05) is 25.1 Å². The summed E-state index contributed by atoms with van der Waals surface area (Å²) in [6.45, 7) is 4.29. The predicted molar refractivity (Wildman–Crippen MR) is 77.0 cm³/mol. The molecule has 3 heteroatoms. The molecule has 1 aromatic heterocycles. The fraction of sp³-hybridized carbons (Fsp3) is 0.333. The van der Waals surface area contributed by atoms with E-state index in [1.54, 1.807) is 17.4 Å². The van der Waals surface area contributed by atoms with E-state index in [9.17, 15) is 5.11 Å². The summed E-state index contributed by atoms with van der Waals surface area (Å²) in [4.78, 5) is 0. The number of thiophene rings is 1. The van der Waals surface area contributed by atoms with Crippen molar-refractivity contribution in [1.29, 1.82) is 0 Å². The van der Waals surface area contributed by atoms with Gasteiger partial charge >= 0.3 is 0 Å². The van der Waals surface area contributed by atoms with Gasteiger partial charge in [0.2, 0.25) is 0 Å². The smallest absolute Gasteiger partial charge is 0.120 e. The van der Waals surface area contributed by atoms with Gasteiger partial charge in [0, 0.05) is 17.6 Å². The van der Waals surface area contributed by atoms with Crippen molar-refractivity contribution in [1.82, 2.24) is 5.32 Å². The highest BCUT2D eigenvalue weighted by Gasteiger charge is 2.16. The fourth-order valence-corrected chi connectivity index (χ4v) is 2.88. The van der Waals surface area contributed by atoms with E-state index in [1.165, 1.54) is 5.56 Å². The fourth-order valence-electron chi connectivity index (χ4n) is 2.13. The lowest BCUT2D eigenvalue weighted by Crippen LogP contribution is -2.24. The Morgan fingerprint density at radius 1 is 1.28 bits per heavy atom. The van der Waals surface area contributed by atoms with Gasteiger partial charge < -0.3 is 10.4 Å². The van der Waals surface area contributed by atoms with Gasteiger partial charge in [-0.2, -0.15) is 11.3 Å². The van der Waals surface area contributed by atoms with Crippen LogP contribution in [0, 0.1) is 0 Å². The first-order chi connectivity index (χ1) is 8.72. The van der Waals surface area contributed by atoms with Crippen LogP contribution in [-0.2, 0) is 0 Å². The van der Waals surface area contributed by atoms with Crippen LogP contribution >= 0.6 is 11.3 Å². The lowest BCUT2D eigenvalue weighted by atomic mass is 10.0. The van der Waals surface area contributed by atoms with Gasteiger partial charge in [-0.3, -0.25) is 0 Å². The maximum absolute atomic E-state index is 9.92. The molecule has 0 aliphatic carbocycles. The van der Waals surface area contributed by atoms with Crippen molar-refractivity contribution in [2.75, 3.05) is 0 Å². The maximum atomic E-state index is 9.92. The molecule has 0 spiro atoms. The molecule has 0 fully saturated rings. The second-order valence-corrected chi connectivity index (χ2v) is 5.24. The third-order valence-electron chi connectivity index (χ3n) is 3.21. The monoisotopic (exact) mass is 261 g/mol. The van der Waals surface area contributed by atoms with Crippen molar-refractivity contribution in [3.8, 4) is 5.75 Å². The minimum atomic E-state index is 0.182. The molecule has 2 rings (SSSR count). The van der Waals surface area contributed by atoms with Crippen LogP contribution in [0.15, 0.2) is 41.1 Å². The first kappa shape index (κ1) is 13.1. The Morgan fingerprint density at radius 2 is 2.06 bits per heavy atom. The van der Waals surface area contributed by atoms with Crippen molar-refractivity contribution >= 4 is 11.3 Å². The van der Waals surface area contributed by atoms with Crippen molar-refractivity contribution < 1.29 is 5.11 Å². The molecule has 0 radical (unpaired) electrons. The number of rotatable bonds is 5. The second-order valence-electron chi connectivity index (χ2n) is 4.46. The minimum Gasteiger partial charge on any atom is -0.508 e. The van der Waals surface area contributed by atoms with Crippen LogP contribution in [0.3, 0.4) is 0 Å². The molecular weight excluding hydrogens is 242 g/mol. The van der Waals surface area contributed by atoms with Crippen molar-refractivity contribution in [2.24, 2.45) is 0 Å². The summed E-state index contributed by atoms with van der Waals surface area (Å²) in [5.74, 6) is 0.370. The van der Waals surface area contributed by atoms with Gasteiger partial charge in [0.05, 0.1) is 0 Å². The zero-order valence-corrected chi connectivity index (χ0v) is 11.6. The van der Waals surface area contributed by atoms with E-state index >= 15 is 0 Å². The quantitative estimate of drug-likeness (QED) is 0.843. The average molecular weight is 261 g/mol. The summed E-state index contributed by atoms with van der Waals surface area (Å²) in [5.41, 5.74) is 2.27. The molecule has 1 heterocycles. The van der Waals surface area contributed by atoms with Gasteiger partial charge in [0.15, 0.2) is 0 Å². The summed E-state index contributed by atoms with van der Waals surface area (Å²) >= 11 is 1.71. The summed E-state index contributed by atoms with van der Waals surface area (Å²) in [6.07, 6.45) is 0.950. The van der Waals surface area contributed by atoms with E-state index in [1.807, 2.05) is 18.2 Å². The van der Waals surface area contributed by atoms with Crippen LogP contribution in [0.2, 0.25) is 0 Å².